The van der Waals surface area contributed by atoms with Crippen LogP contribution in [0.25, 0.3) is 0 Å². The van der Waals surface area contributed by atoms with Gasteiger partial charge < -0.3 is 9.84 Å². The molecule has 5 nitrogen and oxygen atoms in total. The molecule has 2 aromatic rings. The van der Waals surface area contributed by atoms with Crippen LogP contribution in [0.2, 0.25) is 0 Å². The molecule has 0 atom stereocenters. The minimum atomic E-state index is -0.197. The zero-order valence-electron chi connectivity index (χ0n) is 9.41. The maximum absolute atomic E-state index is 11.9. The van der Waals surface area contributed by atoms with E-state index in [1.54, 1.807) is 19.1 Å². The summed E-state index contributed by atoms with van der Waals surface area (Å²) in [6.07, 6.45) is 0. The van der Waals surface area contributed by atoms with E-state index in [2.05, 4.69) is 47.3 Å². The van der Waals surface area contributed by atoms with Gasteiger partial charge in [0, 0.05) is 15.9 Å². The third-order valence-electron chi connectivity index (χ3n) is 2.15. The number of hydrogen-bond acceptors (Lipinski definition) is 4. The van der Waals surface area contributed by atoms with Crippen LogP contribution in [0, 0.1) is 6.92 Å². The predicted octanol–water partition coefficient (Wildman–Crippen LogP) is 2.83. The Kier molecular flexibility index (Phi) is 4.13. The fourth-order valence-electron chi connectivity index (χ4n) is 1.34. The number of hydrogen-bond donors (Lipinski definition) is 1. The molecule has 1 heterocycles. The number of halogens is 2. The molecule has 0 unspecified atom stereocenters. The molecule has 18 heavy (non-hydrogen) atoms. The number of aryl methyl sites for hydroxylation is 1. The summed E-state index contributed by atoms with van der Waals surface area (Å²) in [6.45, 7) is 1.93. The molecule has 0 aliphatic heterocycles. The van der Waals surface area contributed by atoms with E-state index < -0.39 is 0 Å². The molecule has 1 N–H and O–H groups in total. The van der Waals surface area contributed by atoms with Crippen LogP contribution >= 0.6 is 31.9 Å². The minimum Gasteiger partial charge on any atom is -0.345 e. The Balaban J connectivity index is 2.03. The minimum absolute atomic E-state index is 0.197. The zero-order chi connectivity index (χ0) is 13.1. The standard InChI is InChI=1S/C11H9Br2N3O2/c1-6-15-10(16-18-6)5-14-11(17)8-3-2-7(12)4-9(8)13/h2-4H,5H2,1H3,(H,14,17). The molecule has 1 aromatic heterocycles. The van der Waals surface area contributed by atoms with Crippen LogP contribution in [0.3, 0.4) is 0 Å². The maximum Gasteiger partial charge on any atom is 0.252 e. The number of carbonyl (C=O) groups excluding carboxylic acids is 1. The van der Waals surface area contributed by atoms with Gasteiger partial charge in [0.25, 0.3) is 5.91 Å². The quantitative estimate of drug-likeness (QED) is 0.896. The number of aromatic nitrogens is 2. The van der Waals surface area contributed by atoms with E-state index >= 15 is 0 Å². The van der Waals surface area contributed by atoms with E-state index in [9.17, 15) is 4.79 Å². The first kappa shape index (κ1) is 13.2. The topological polar surface area (TPSA) is 68.0 Å². The number of nitrogens with one attached hydrogen (secondary N) is 1. The largest absolute Gasteiger partial charge is 0.345 e. The van der Waals surface area contributed by atoms with E-state index in [1.807, 2.05) is 6.07 Å². The number of amides is 1. The van der Waals surface area contributed by atoms with Crippen molar-refractivity contribution in [2.24, 2.45) is 0 Å². The first-order valence-corrected chi connectivity index (χ1v) is 6.67. The van der Waals surface area contributed by atoms with Gasteiger partial charge in [0.2, 0.25) is 5.89 Å². The summed E-state index contributed by atoms with van der Waals surface area (Å²) in [5.74, 6) is 0.731. The van der Waals surface area contributed by atoms with Gasteiger partial charge in [-0.1, -0.05) is 21.1 Å². The van der Waals surface area contributed by atoms with E-state index in [0.717, 1.165) is 8.95 Å². The first-order chi connectivity index (χ1) is 8.56. The molecule has 1 aromatic carbocycles. The lowest BCUT2D eigenvalue weighted by Crippen LogP contribution is -2.23. The summed E-state index contributed by atoms with van der Waals surface area (Å²) in [5, 5.41) is 6.42. The summed E-state index contributed by atoms with van der Waals surface area (Å²) < 4.78 is 6.44. The van der Waals surface area contributed by atoms with E-state index in [0.29, 0.717) is 17.3 Å². The van der Waals surface area contributed by atoms with Gasteiger partial charge in [-0.3, -0.25) is 4.79 Å². The van der Waals surface area contributed by atoms with Crippen LogP contribution in [-0.4, -0.2) is 16.0 Å². The fraction of sp³-hybridized carbons (Fsp3) is 0.182. The summed E-state index contributed by atoms with van der Waals surface area (Å²) >= 11 is 6.67. The average molecular weight is 375 g/mol. The van der Waals surface area contributed by atoms with Gasteiger partial charge in [-0.25, -0.2) is 0 Å². The molecule has 94 valence electrons. The third-order valence-corrected chi connectivity index (χ3v) is 3.30. The lowest BCUT2D eigenvalue weighted by Gasteiger charge is -2.05. The van der Waals surface area contributed by atoms with Crippen molar-refractivity contribution in [3.8, 4) is 0 Å². The van der Waals surface area contributed by atoms with Gasteiger partial charge in [-0.05, 0) is 34.1 Å². The highest BCUT2D eigenvalue weighted by Crippen LogP contribution is 2.21. The lowest BCUT2D eigenvalue weighted by atomic mass is 10.2. The molecule has 0 aliphatic rings. The number of benzene rings is 1. The summed E-state index contributed by atoms with van der Waals surface area (Å²) in [6, 6.07) is 5.34. The Morgan fingerprint density at radius 2 is 2.22 bits per heavy atom. The molecule has 0 aliphatic carbocycles. The van der Waals surface area contributed by atoms with Crippen molar-refractivity contribution in [3.05, 3.63) is 44.4 Å². The zero-order valence-corrected chi connectivity index (χ0v) is 12.6. The van der Waals surface area contributed by atoms with Crippen molar-refractivity contribution in [1.29, 1.82) is 0 Å². The molecular formula is C11H9Br2N3O2. The Hall–Kier alpha value is -1.21. The fourth-order valence-corrected chi connectivity index (χ4v) is 2.57. The second kappa shape index (κ2) is 5.62. The number of carbonyl (C=O) groups is 1. The van der Waals surface area contributed by atoms with Gasteiger partial charge in [-0.15, -0.1) is 0 Å². The van der Waals surface area contributed by atoms with Gasteiger partial charge in [-0.2, -0.15) is 4.98 Å². The monoisotopic (exact) mass is 373 g/mol. The van der Waals surface area contributed by atoms with Crippen LogP contribution in [0.5, 0.6) is 0 Å². The number of nitrogens with zero attached hydrogens (tertiary/aromatic N) is 2. The molecule has 7 heteroatoms. The molecule has 0 fully saturated rings. The summed E-state index contributed by atoms with van der Waals surface area (Å²) in [5.41, 5.74) is 0.554. The second-order valence-electron chi connectivity index (χ2n) is 3.54. The highest BCUT2D eigenvalue weighted by Gasteiger charge is 2.11. The predicted molar refractivity (Wildman–Crippen MR) is 72.0 cm³/mol. The van der Waals surface area contributed by atoms with Crippen LogP contribution in [0.1, 0.15) is 22.1 Å². The molecule has 0 saturated heterocycles. The molecule has 0 radical (unpaired) electrons. The van der Waals surface area contributed by atoms with Crippen molar-refractivity contribution in [2.75, 3.05) is 0 Å². The SMILES string of the molecule is Cc1nc(CNC(=O)c2ccc(Br)cc2Br)no1. The van der Waals surface area contributed by atoms with Gasteiger partial charge in [0.05, 0.1) is 12.1 Å². The average Bonchev–Trinajstić information content (AvgIpc) is 2.72. The summed E-state index contributed by atoms with van der Waals surface area (Å²) in [4.78, 5) is 15.9. The van der Waals surface area contributed by atoms with E-state index in [-0.39, 0.29) is 12.5 Å². The molecular weight excluding hydrogens is 366 g/mol. The molecule has 0 bridgehead atoms. The van der Waals surface area contributed by atoms with Crippen LogP contribution < -0.4 is 5.32 Å². The van der Waals surface area contributed by atoms with Crippen LogP contribution in [0.4, 0.5) is 0 Å². The van der Waals surface area contributed by atoms with Crippen molar-refractivity contribution in [2.45, 2.75) is 13.5 Å². The maximum atomic E-state index is 11.9. The van der Waals surface area contributed by atoms with Gasteiger partial charge >= 0.3 is 0 Å². The molecule has 1 amide bonds. The number of rotatable bonds is 3. The van der Waals surface area contributed by atoms with Crippen molar-refractivity contribution >= 4 is 37.8 Å². The highest BCUT2D eigenvalue weighted by atomic mass is 79.9. The van der Waals surface area contributed by atoms with Gasteiger partial charge in [0.1, 0.15) is 0 Å². The Morgan fingerprint density at radius 1 is 1.44 bits per heavy atom. The summed E-state index contributed by atoms with van der Waals surface area (Å²) in [7, 11) is 0. The Morgan fingerprint density at radius 3 is 2.83 bits per heavy atom. The Labute approximate surface area is 120 Å². The van der Waals surface area contributed by atoms with E-state index in [1.165, 1.54) is 0 Å². The lowest BCUT2D eigenvalue weighted by molar-refractivity contribution is 0.0949. The smallest absolute Gasteiger partial charge is 0.252 e. The molecule has 0 saturated carbocycles. The van der Waals surface area contributed by atoms with Crippen molar-refractivity contribution < 1.29 is 9.32 Å². The first-order valence-electron chi connectivity index (χ1n) is 5.08. The van der Waals surface area contributed by atoms with Crippen molar-refractivity contribution in [3.63, 3.8) is 0 Å². The van der Waals surface area contributed by atoms with Crippen LogP contribution in [0.15, 0.2) is 31.7 Å². The normalized spacial score (nSPS) is 10.4. The Bertz CT molecular complexity index is 583. The molecule has 0 spiro atoms. The molecule has 2 rings (SSSR count). The van der Waals surface area contributed by atoms with E-state index in [4.69, 9.17) is 4.52 Å². The third kappa shape index (κ3) is 3.17. The van der Waals surface area contributed by atoms with Crippen molar-refractivity contribution in [1.82, 2.24) is 15.5 Å². The second-order valence-corrected chi connectivity index (χ2v) is 5.31. The van der Waals surface area contributed by atoms with Crippen LogP contribution in [-0.2, 0) is 6.54 Å². The van der Waals surface area contributed by atoms with Gasteiger partial charge in [0.15, 0.2) is 5.82 Å². The highest BCUT2D eigenvalue weighted by molar-refractivity contribution is 9.11.